The van der Waals surface area contributed by atoms with Crippen molar-refractivity contribution in [1.82, 2.24) is 0 Å². The number of aliphatic hydroxyl groups is 1. The fourth-order valence-electron chi connectivity index (χ4n) is 2.75. The van der Waals surface area contributed by atoms with Crippen molar-refractivity contribution in [3.63, 3.8) is 0 Å². The van der Waals surface area contributed by atoms with Crippen molar-refractivity contribution in [2.75, 3.05) is 0 Å². The smallest absolute Gasteiger partial charge is 0.0677 e. The standard InChI is InChI=1S/C17H18O/c18-16(13-14-7-3-1-4-8-14)17(11-12-17)15-9-5-2-6-10-15/h1-10,16,18H,11-13H2. The summed E-state index contributed by atoms with van der Waals surface area (Å²) in [6.07, 6.45) is 2.67. The molecule has 1 nitrogen and oxygen atoms in total. The quantitative estimate of drug-likeness (QED) is 0.866. The predicted molar refractivity (Wildman–Crippen MR) is 73.5 cm³/mol. The van der Waals surface area contributed by atoms with Crippen LogP contribution in [0.5, 0.6) is 0 Å². The van der Waals surface area contributed by atoms with Crippen molar-refractivity contribution in [3.8, 4) is 0 Å². The highest BCUT2D eigenvalue weighted by Gasteiger charge is 2.49. The van der Waals surface area contributed by atoms with Crippen molar-refractivity contribution in [3.05, 3.63) is 71.8 Å². The van der Waals surface area contributed by atoms with E-state index in [-0.39, 0.29) is 11.5 Å². The molecule has 1 heteroatoms. The summed E-state index contributed by atoms with van der Waals surface area (Å²) in [6, 6.07) is 20.7. The van der Waals surface area contributed by atoms with Gasteiger partial charge in [-0.3, -0.25) is 0 Å². The third-order valence-corrected chi connectivity index (χ3v) is 4.05. The predicted octanol–water partition coefficient (Wildman–Crippen LogP) is 3.32. The molecule has 0 aliphatic heterocycles. The van der Waals surface area contributed by atoms with Crippen LogP contribution in [-0.4, -0.2) is 11.2 Å². The third kappa shape index (κ3) is 2.06. The van der Waals surface area contributed by atoms with Crippen molar-refractivity contribution < 1.29 is 5.11 Å². The molecule has 18 heavy (non-hydrogen) atoms. The van der Waals surface area contributed by atoms with Gasteiger partial charge in [-0.15, -0.1) is 0 Å². The highest BCUT2D eigenvalue weighted by Crippen LogP contribution is 2.51. The Labute approximate surface area is 108 Å². The van der Waals surface area contributed by atoms with E-state index < -0.39 is 0 Å². The fourth-order valence-corrected chi connectivity index (χ4v) is 2.75. The van der Waals surface area contributed by atoms with Crippen LogP contribution >= 0.6 is 0 Å². The van der Waals surface area contributed by atoms with Gasteiger partial charge in [-0.25, -0.2) is 0 Å². The molecule has 92 valence electrons. The van der Waals surface area contributed by atoms with Gasteiger partial charge in [-0.1, -0.05) is 60.7 Å². The van der Waals surface area contributed by atoms with E-state index in [9.17, 15) is 5.11 Å². The Morgan fingerprint density at radius 2 is 1.44 bits per heavy atom. The van der Waals surface area contributed by atoms with Gasteiger partial charge < -0.3 is 5.11 Å². The van der Waals surface area contributed by atoms with Gasteiger partial charge in [0.05, 0.1) is 6.10 Å². The second-order valence-electron chi connectivity index (χ2n) is 5.23. The van der Waals surface area contributed by atoms with Crippen LogP contribution in [0, 0.1) is 0 Å². The van der Waals surface area contributed by atoms with Gasteiger partial charge in [-0.05, 0) is 30.4 Å². The summed E-state index contributed by atoms with van der Waals surface area (Å²) < 4.78 is 0. The first-order valence-electron chi connectivity index (χ1n) is 6.59. The zero-order chi connectivity index (χ0) is 12.4. The molecule has 0 heterocycles. The number of rotatable bonds is 4. The fraction of sp³-hybridized carbons (Fsp3) is 0.294. The molecule has 1 atom stereocenters. The van der Waals surface area contributed by atoms with Crippen molar-refractivity contribution in [2.45, 2.75) is 30.8 Å². The Morgan fingerprint density at radius 3 is 2.00 bits per heavy atom. The normalized spacial score (nSPS) is 18.3. The molecule has 2 aromatic rings. The second kappa shape index (κ2) is 4.58. The summed E-state index contributed by atoms with van der Waals surface area (Å²) >= 11 is 0. The van der Waals surface area contributed by atoms with E-state index in [2.05, 4.69) is 36.4 Å². The van der Waals surface area contributed by atoms with Gasteiger partial charge in [0.15, 0.2) is 0 Å². The van der Waals surface area contributed by atoms with Crippen LogP contribution in [0.4, 0.5) is 0 Å². The lowest BCUT2D eigenvalue weighted by Crippen LogP contribution is -2.28. The first-order chi connectivity index (χ1) is 8.81. The van der Waals surface area contributed by atoms with E-state index in [0.717, 1.165) is 19.3 Å². The van der Waals surface area contributed by atoms with Crippen LogP contribution in [0.1, 0.15) is 24.0 Å². The van der Waals surface area contributed by atoms with E-state index in [4.69, 9.17) is 0 Å². The Morgan fingerprint density at radius 1 is 0.889 bits per heavy atom. The molecule has 1 N–H and O–H groups in total. The Kier molecular flexibility index (Phi) is 2.92. The summed E-state index contributed by atoms with van der Waals surface area (Å²) in [5.41, 5.74) is 2.51. The lowest BCUT2D eigenvalue weighted by atomic mass is 9.86. The maximum absolute atomic E-state index is 10.5. The topological polar surface area (TPSA) is 20.2 Å². The number of hydrogen-bond acceptors (Lipinski definition) is 1. The highest BCUT2D eigenvalue weighted by molar-refractivity contribution is 5.34. The molecule has 0 aromatic heterocycles. The summed E-state index contributed by atoms with van der Waals surface area (Å²) in [5, 5.41) is 10.5. The SMILES string of the molecule is OC(Cc1ccccc1)C1(c2ccccc2)CC1. The average Bonchev–Trinajstić information content (AvgIpc) is 3.22. The van der Waals surface area contributed by atoms with Gasteiger partial charge in [0.25, 0.3) is 0 Å². The molecule has 3 rings (SSSR count). The monoisotopic (exact) mass is 238 g/mol. The van der Waals surface area contributed by atoms with Crippen molar-refractivity contribution in [2.24, 2.45) is 0 Å². The molecule has 1 aliphatic carbocycles. The Bertz CT molecular complexity index is 500. The molecule has 1 fully saturated rings. The van der Waals surface area contributed by atoms with Crippen molar-refractivity contribution in [1.29, 1.82) is 0 Å². The molecule has 1 unspecified atom stereocenters. The molecular weight excluding hydrogens is 220 g/mol. The molecule has 0 spiro atoms. The minimum absolute atomic E-state index is 0.0110. The first kappa shape index (κ1) is 11.5. The zero-order valence-electron chi connectivity index (χ0n) is 10.4. The average molecular weight is 238 g/mol. The third-order valence-electron chi connectivity index (χ3n) is 4.05. The van der Waals surface area contributed by atoms with Crippen LogP contribution in [0.2, 0.25) is 0 Å². The summed E-state index contributed by atoms with van der Waals surface area (Å²) in [5.74, 6) is 0. The van der Waals surface area contributed by atoms with Crippen molar-refractivity contribution >= 4 is 0 Å². The number of benzene rings is 2. The summed E-state index contributed by atoms with van der Waals surface area (Å²) in [4.78, 5) is 0. The zero-order valence-corrected chi connectivity index (χ0v) is 10.4. The first-order valence-corrected chi connectivity index (χ1v) is 6.59. The van der Waals surface area contributed by atoms with Crippen LogP contribution < -0.4 is 0 Å². The minimum atomic E-state index is -0.276. The van der Waals surface area contributed by atoms with Gasteiger partial charge >= 0.3 is 0 Å². The maximum Gasteiger partial charge on any atom is 0.0677 e. The van der Waals surface area contributed by atoms with Crippen LogP contribution in [0.25, 0.3) is 0 Å². The summed E-state index contributed by atoms with van der Waals surface area (Å²) in [7, 11) is 0. The number of hydrogen-bond donors (Lipinski definition) is 1. The Hall–Kier alpha value is -1.60. The van der Waals surface area contributed by atoms with Crippen LogP contribution in [0.15, 0.2) is 60.7 Å². The molecule has 0 saturated heterocycles. The second-order valence-corrected chi connectivity index (χ2v) is 5.23. The van der Waals surface area contributed by atoms with Gasteiger partial charge in [0.1, 0.15) is 0 Å². The van der Waals surface area contributed by atoms with Gasteiger partial charge in [0.2, 0.25) is 0 Å². The van der Waals surface area contributed by atoms with Crippen LogP contribution in [-0.2, 0) is 11.8 Å². The molecule has 0 radical (unpaired) electrons. The largest absolute Gasteiger partial charge is 0.392 e. The molecule has 1 saturated carbocycles. The molecule has 0 bridgehead atoms. The van der Waals surface area contributed by atoms with E-state index in [0.29, 0.717) is 0 Å². The Balaban J connectivity index is 1.79. The van der Waals surface area contributed by atoms with E-state index in [1.54, 1.807) is 0 Å². The summed E-state index contributed by atoms with van der Waals surface area (Å²) in [6.45, 7) is 0. The number of aliphatic hydroxyl groups excluding tert-OH is 1. The van der Waals surface area contributed by atoms with E-state index in [1.165, 1.54) is 11.1 Å². The molecule has 1 aliphatic rings. The molecular formula is C17H18O. The maximum atomic E-state index is 10.5. The lowest BCUT2D eigenvalue weighted by Gasteiger charge is -2.23. The highest BCUT2D eigenvalue weighted by atomic mass is 16.3. The van der Waals surface area contributed by atoms with Gasteiger partial charge in [-0.2, -0.15) is 0 Å². The van der Waals surface area contributed by atoms with Crippen LogP contribution in [0.3, 0.4) is 0 Å². The minimum Gasteiger partial charge on any atom is -0.392 e. The molecule has 2 aromatic carbocycles. The molecule has 0 amide bonds. The van der Waals surface area contributed by atoms with Gasteiger partial charge in [0, 0.05) is 5.41 Å². The lowest BCUT2D eigenvalue weighted by molar-refractivity contribution is 0.131. The van der Waals surface area contributed by atoms with E-state index >= 15 is 0 Å². The van der Waals surface area contributed by atoms with E-state index in [1.807, 2.05) is 24.3 Å².